The van der Waals surface area contributed by atoms with E-state index in [1.807, 2.05) is 28.8 Å². The van der Waals surface area contributed by atoms with Crippen molar-refractivity contribution in [1.29, 1.82) is 0 Å². The van der Waals surface area contributed by atoms with E-state index in [4.69, 9.17) is 34.8 Å². The van der Waals surface area contributed by atoms with Crippen LogP contribution in [-0.2, 0) is 5.72 Å². The van der Waals surface area contributed by atoms with Gasteiger partial charge in [0.25, 0.3) is 5.72 Å². The molecule has 0 saturated heterocycles. The number of hydrogen-bond acceptors (Lipinski definition) is 3. The molecule has 0 bridgehead atoms. The van der Waals surface area contributed by atoms with E-state index in [1.54, 1.807) is 30.0 Å². The van der Waals surface area contributed by atoms with Crippen LogP contribution in [0.3, 0.4) is 0 Å². The van der Waals surface area contributed by atoms with E-state index >= 15 is 0 Å². The Kier molecular flexibility index (Phi) is 4.22. The van der Waals surface area contributed by atoms with Crippen LogP contribution in [0.1, 0.15) is 5.56 Å². The minimum Gasteiger partial charge on any atom is -0.346 e. The third-order valence-corrected chi connectivity index (χ3v) is 6.22. The number of halogens is 3. The highest BCUT2D eigenvalue weighted by molar-refractivity contribution is 8.14. The summed E-state index contributed by atoms with van der Waals surface area (Å²) in [5.74, 6) is 0.924. The van der Waals surface area contributed by atoms with Crippen LogP contribution in [0.15, 0.2) is 42.5 Å². The Labute approximate surface area is 159 Å². The Morgan fingerprint density at radius 1 is 1.04 bits per heavy atom. The molecule has 1 atom stereocenters. The lowest BCUT2D eigenvalue weighted by molar-refractivity contribution is -0.650. The lowest BCUT2D eigenvalue weighted by Crippen LogP contribution is -2.41. The van der Waals surface area contributed by atoms with Crippen LogP contribution < -0.4 is 4.90 Å². The number of aliphatic hydroxyl groups is 1. The van der Waals surface area contributed by atoms with Crippen molar-refractivity contribution >= 4 is 57.4 Å². The molecule has 2 heterocycles. The standard InChI is InChI=1S/C17H14Cl3N2OS/c18-11-1-4-13(5-2-11)21-10-17(23,22-7-8-24-16(21)22)14-6-3-12(19)9-15(14)20/h1-6,9,23H,7-8,10H2/q+1. The highest BCUT2D eigenvalue weighted by atomic mass is 35.5. The molecule has 0 saturated carbocycles. The van der Waals surface area contributed by atoms with Gasteiger partial charge in [-0.1, -0.05) is 34.8 Å². The van der Waals surface area contributed by atoms with Gasteiger partial charge in [0.05, 0.1) is 17.1 Å². The summed E-state index contributed by atoms with van der Waals surface area (Å²) in [5, 5.41) is 14.2. The Bertz CT molecular complexity index is 840. The third-order valence-electron chi connectivity index (χ3n) is 4.33. The molecule has 1 unspecified atom stereocenters. The highest BCUT2D eigenvalue weighted by Gasteiger charge is 2.55. The van der Waals surface area contributed by atoms with Gasteiger partial charge >= 0.3 is 5.17 Å². The van der Waals surface area contributed by atoms with Crippen molar-refractivity contribution in [3.05, 3.63) is 63.1 Å². The van der Waals surface area contributed by atoms with Crippen molar-refractivity contribution in [2.24, 2.45) is 0 Å². The van der Waals surface area contributed by atoms with Crippen LogP contribution >= 0.6 is 46.6 Å². The summed E-state index contributed by atoms with van der Waals surface area (Å²) in [6.07, 6.45) is 0. The molecule has 0 spiro atoms. The van der Waals surface area contributed by atoms with Gasteiger partial charge in [0.15, 0.2) is 6.54 Å². The van der Waals surface area contributed by atoms with Crippen LogP contribution in [0.25, 0.3) is 0 Å². The molecular weight excluding hydrogens is 387 g/mol. The van der Waals surface area contributed by atoms with Gasteiger partial charge in [0.2, 0.25) is 0 Å². The first-order valence-corrected chi connectivity index (χ1v) is 9.59. The van der Waals surface area contributed by atoms with Gasteiger partial charge < -0.3 is 5.11 Å². The second-order valence-electron chi connectivity index (χ2n) is 5.79. The van der Waals surface area contributed by atoms with Gasteiger partial charge in [-0.2, -0.15) is 0 Å². The van der Waals surface area contributed by atoms with Crippen LogP contribution in [0.2, 0.25) is 15.1 Å². The number of benzene rings is 2. The molecule has 0 radical (unpaired) electrons. The smallest absolute Gasteiger partial charge is 0.316 e. The molecule has 0 amide bonds. The van der Waals surface area contributed by atoms with Crippen LogP contribution in [-0.4, -0.2) is 33.7 Å². The van der Waals surface area contributed by atoms with E-state index in [-0.39, 0.29) is 0 Å². The topological polar surface area (TPSA) is 26.5 Å². The summed E-state index contributed by atoms with van der Waals surface area (Å²) < 4.78 is 2.02. The molecule has 0 aromatic heterocycles. The first-order valence-electron chi connectivity index (χ1n) is 7.47. The number of anilines is 1. The lowest BCUT2D eigenvalue weighted by atomic mass is 10.0. The van der Waals surface area contributed by atoms with Gasteiger partial charge in [0, 0.05) is 15.8 Å². The number of β-amino-alcohol motifs (C(OH)–C–C–N with tert-alkyl or cyclic N) is 1. The molecule has 0 fully saturated rings. The Morgan fingerprint density at radius 3 is 2.46 bits per heavy atom. The second-order valence-corrected chi connectivity index (χ2v) is 8.13. The van der Waals surface area contributed by atoms with Crippen LogP contribution in [0, 0.1) is 0 Å². The number of thioether (sulfide) groups is 1. The molecule has 24 heavy (non-hydrogen) atoms. The molecule has 2 aliphatic rings. The van der Waals surface area contributed by atoms with E-state index in [1.165, 1.54) is 0 Å². The second kappa shape index (κ2) is 6.11. The van der Waals surface area contributed by atoms with Crippen molar-refractivity contribution in [3.8, 4) is 0 Å². The summed E-state index contributed by atoms with van der Waals surface area (Å²) in [6, 6.07) is 12.9. The Morgan fingerprint density at radius 2 is 1.75 bits per heavy atom. The van der Waals surface area contributed by atoms with Gasteiger partial charge in [-0.15, -0.1) is 0 Å². The highest BCUT2D eigenvalue weighted by Crippen LogP contribution is 2.41. The fourth-order valence-electron chi connectivity index (χ4n) is 3.21. The maximum Gasteiger partial charge on any atom is 0.316 e. The molecule has 0 aliphatic carbocycles. The quantitative estimate of drug-likeness (QED) is 0.756. The number of hydrogen-bond donors (Lipinski definition) is 1. The van der Waals surface area contributed by atoms with Crippen LogP contribution in [0.5, 0.6) is 0 Å². The van der Waals surface area contributed by atoms with Crippen molar-refractivity contribution in [2.45, 2.75) is 5.72 Å². The van der Waals surface area contributed by atoms with E-state index in [9.17, 15) is 5.11 Å². The number of nitrogens with zero attached hydrogens (tertiary/aromatic N) is 2. The fourth-order valence-corrected chi connectivity index (χ4v) is 5.08. The Balaban J connectivity index is 1.79. The normalized spacial score (nSPS) is 23.1. The molecule has 2 aromatic rings. The molecule has 124 valence electrons. The summed E-state index contributed by atoms with van der Waals surface area (Å²) in [6.45, 7) is 1.16. The van der Waals surface area contributed by atoms with Gasteiger partial charge in [-0.25, -0.2) is 9.48 Å². The molecule has 1 N–H and O–H groups in total. The van der Waals surface area contributed by atoms with E-state index in [2.05, 4.69) is 4.90 Å². The Hall–Kier alpha value is -0.910. The average Bonchev–Trinajstić information content (AvgIpc) is 3.12. The number of rotatable bonds is 2. The lowest BCUT2D eigenvalue weighted by Gasteiger charge is -2.24. The zero-order valence-electron chi connectivity index (χ0n) is 12.5. The van der Waals surface area contributed by atoms with Gasteiger partial charge in [-0.05, 0) is 54.2 Å². The van der Waals surface area contributed by atoms with E-state index < -0.39 is 5.72 Å². The molecule has 7 heteroatoms. The molecule has 2 aromatic carbocycles. The molecule has 2 aliphatic heterocycles. The zero-order valence-corrected chi connectivity index (χ0v) is 15.6. The minimum absolute atomic E-state index is 0.401. The predicted octanol–water partition coefficient (Wildman–Crippen LogP) is 4.43. The summed E-state index contributed by atoms with van der Waals surface area (Å²) in [7, 11) is 0. The van der Waals surface area contributed by atoms with Crippen molar-refractivity contribution in [1.82, 2.24) is 0 Å². The van der Waals surface area contributed by atoms with Gasteiger partial charge in [-0.3, -0.25) is 0 Å². The maximum absolute atomic E-state index is 11.5. The van der Waals surface area contributed by atoms with E-state index in [0.29, 0.717) is 27.2 Å². The SMILES string of the molecule is OC1(c2ccc(Cl)cc2Cl)CN(c2ccc(Cl)cc2)C2=[N+]1CCS2. The monoisotopic (exact) mass is 399 g/mol. The first kappa shape index (κ1) is 16.6. The molecule has 3 nitrogen and oxygen atoms in total. The van der Waals surface area contributed by atoms with Crippen molar-refractivity contribution in [2.75, 3.05) is 23.7 Å². The summed E-state index contributed by atoms with van der Waals surface area (Å²) in [4.78, 5) is 2.11. The largest absolute Gasteiger partial charge is 0.346 e. The molecular formula is C17H14Cl3N2OS+. The maximum atomic E-state index is 11.5. The minimum atomic E-state index is -1.18. The van der Waals surface area contributed by atoms with Crippen LogP contribution in [0.4, 0.5) is 5.69 Å². The van der Waals surface area contributed by atoms with Gasteiger partial charge in [0.1, 0.15) is 5.69 Å². The fraction of sp³-hybridized carbons (Fsp3) is 0.235. The summed E-state index contributed by atoms with van der Waals surface area (Å²) >= 11 is 20.1. The third kappa shape index (κ3) is 2.61. The number of amidine groups is 1. The van der Waals surface area contributed by atoms with E-state index in [0.717, 1.165) is 23.2 Å². The summed E-state index contributed by atoms with van der Waals surface area (Å²) in [5.41, 5.74) is 0.486. The zero-order chi connectivity index (χ0) is 16.9. The first-order chi connectivity index (χ1) is 11.5. The predicted molar refractivity (Wildman–Crippen MR) is 102 cm³/mol. The molecule has 4 rings (SSSR count). The average molecular weight is 401 g/mol. The van der Waals surface area contributed by atoms with Crippen molar-refractivity contribution in [3.63, 3.8) is 0 Å². The van der Waals surface area contributed by atoms with Crippen molar-refractivity contribution < 1.29 is 9.68 Å².